The fraction of sp³-hybridized carbons (Fsp3) is 0.308. The summed E-state index contributed by atoms with van der Waals surface area (Å²) in [5.41, 5.74) is 2.98. The van der Waals surface area contributed by atoms with Gasteiger partial charge in [0.2, 0.25) is 11.8 Å². The first-order valence-corrected chi connectivity index (χ1v) is 11.9. The summed E-state index contributed by atoms with van der Waals surface area (Å²) in [6, 6.07) is 13.2. The molecule has 0 saturated heterocycles. The lowest BCUT2D eigenvalue weighted by molar-refractivity contribution is 0.125. The second-order valence-corrected chi connectivity index (χ2v) is 8.38. The fourth-order valence-corrected chi connectivity index (χ4v) is 4.09. The minimum atomic E-state index is -0.496. The number of halogens is 1. The summed E-state index contributed by atoms with van der Waals surface area (Å²) in [5.74, 6) is 0.0336. The van der Waals surface area contributed by atoms with Crippen LogP contribution in [0.1, 0.15) is 49.2 Å². The van der Waals surface area contributed by atoms with E-state index in [9.17, 15) is 9.90 Å². The maximum atomic E-state index is 13.9. The number of hydrogen-bond acceptors (Lipinski definition) is 7. The van der Waals surface area contributed by atoms with Crippen molar-refractivity contribution in [3.8, 4) is 23.0 Å². The summed E-state index contributed by atoms with van der Waals surface area (Å²) < 4.78 is 12.9. The van der Waals surface area contributed by atoms with Gasteiger partial charge in [0.15, 0.2) is 5.56 Å². The third-order valence-corrected chi connectivity index (χ3v) is 5.96. The maximum Gasteiger partial charge on any atom is 0.274 e. The molecular formula is C26H27ClN4O4. The SMILES string of the molecule is CCOCc1nc(O)c(-c2nnc(Cc3ccc(Cl)cc3)o2)c(=O)n1-c1c(CC)cccc1CC. The van der Waals surface area contributed by atoms with E-state index in [0.29, 0.717) is 42.6 Å². The largest absolute Gasteiger partial charge is 0.493 e. The van der Waals surface area contributed by atoms with E-state index in [0.717, 1.165) is 22.4 Å². The van der Waals surface area contributed by atoms with E-state index in [4.69, 9.17) is 20.8 Å². The van der Waals surface area contributed by atoms with Crippen molar-refractivity contribution in [1.29, 1.82) is 0 Å². The first-order chi connectivity index (χ1) is 17.0. The number of benzene rings is 2. The van der Waals surface area contributed by atoms with Crippen LogP contribution in [-0.4, -0.2) is 31.5 Å². The minimum absolute atomic E-state index is 0.0619. The Morgan fingerprint density at radius 3 is 2.34 bits per heavy atom. The smallest absolute Gasteiger partial charge is 0.274 e. The van der Waals surface area contributed by atoms with Crippen molar-refractivity contribution in [3.05, 3.63) is 86.2 Å². The van der Waals surface area contributed by atoms with Crippen molar-refractivity contribution >= 4 is 11.6 Å². The van der Waals surface area contributed by atoms with Crippen LogP contribution in [0.5, 0.6) is 5.88 Å². The Balaban J connectivity index is 1.86. The summed E-state index contributed by atoms with van der Waals surface area (Å²) in [5, 5.41) is 19.5. The van der Waals surface area contributed by atoms with Crippen molar-refractivity contribution in [2.45, 2.75) is 46.6 Å². The van der Waals surface area contributed by atoms with Crippen molar-refractivity contribution < 1.29 is 14.3 Å². The molecular weight excluding hydrogens is 468 g/mol. The predicted molar refractivity (Wildman–Crippen MR) is 133 cm³/mol. The van der Waals surface area contributed by atoms with Gasteiger partial charge in [0.05, 0.1) is 12.1 Å². The average molecular weight is 495 g/mol. The van der Waals surface area contributed by atoms with E-state index in [1.807, 2.05) is 51.1 Å². The Bertz CT molecular complexity index is 1360. The highest BCUT2D eigenvalue weighted by molar-refractivity contribution is 6.30. The Labute approximate surface area is 208 Å². The summed E-state index contributed by atoms with van der Waals surface area (Å²) in [4.78, 5) is 18.2. The van der Waals surface area contributed by atoms with Crippen LogP contribution in [0.2, 0.25) is 5.02 Å². The van der Waals surface area contributed by atoms with Gasteiger partial charge in [-0.3, -0.25) is 9.36 Å². The molecule has 0 bridgehead atoms. The van der Waals surface area contributed by atoms with Gasteiger partial charge in [-0.1, -0.05) is 55.8 Å². The monoisotopic (exact) mass is 494 g/mol. The highest BCUT2D eigenvalue weighted by atomic mass is 35.5. The van der Waals surface area contributed by atoms with Gasteiger partial charge in [0.1, 0.15) is 12.4 Å². The Hall–Kier alpha value is -3.49. The molecule has 0 amide bonds. The van der Waals surface area contributed by atoms with E-state index in [-0.39, 0.29) is 18.1 Å². The third kappa shape index (κ3) is 5.13. The molecule has 0 radical (unpaired) electrons. The van der Waals surface area contributed by atoms with Crippen molar-refractivity contribution in [3.63, 3.8) is 0 Å². The van der Waals surface area contributed by atoms with Gasteiger partial charge in [0, 0.05) is 11.6 Å². The minimum Gasteiger partial charge on any atom is -0.493 e. The van der Waals surface area contributed by atoms with Gasteiger partial charge in [-0.25, -0.2) is 0 Å². The first kappa shape index (κ1) is 24.6. The molecule has 0 saturated carbocycles. The van der Waals surface area contributed by atoms with Crippen molar-refractivity contribution in [2.24, 2.45) is 0 Å². The van der Waals surface area contributed by atoms with Crippen LogP contribution >= 0.6 is 11.6 Å². The first-order valence-electron chi connectivity index (χ1n) is 11.6. The van der Waals surface area contributed by atoms with Gasteiger partial charge in [-0.15, -0.1) is 10.2 Å². The van der Waals surface area contributed by atoms with Gasteiger partial charge in [-0.05, 0) is 48.6 Å². The molecule has 182 valence electrons. The average Bonchev–Trinajstić information content (AvgIpc) is 3.31. The molecule has 4 aromatic rings. The van der Waals surface area contributed by atoms with Gasteiger partial charge < -0.3 is 14.3 Å². The number of ether oxygens (including phenoxy) is 1. The van der Waals surface area contributed by atoms with Gasteiger partial charge in [-0.2, -0.15) is 4.98 Å². The summed E-state index contributed by atoms with van der Waals surface area (Å²) in [7, 11) is 0. The highest BCUT2D eigenvalue weighted by Crippen LogP contribution is 2.28. The molecule has 35 heavy (non-hydrogen) atoms. The molecule has 0 aliphatic rings. The van der Waals surface area contributed by atoms with E-state index >= 15 is 0 Å². The zero-order valence-electron chi connectivity index (χ0n) is 19.9. The third-order valence-electron chi connectivity index (χ3n) is 5.71. The maximum absolute atomic E-state index is 13.9. The summed E-state index contributed by atoms with van der Waals surface area (Å²) in [6.45, 7) is 6.41. The van der Waals surface area contributed by atoms with Crippen LogP contribution in [0.15, 0.2) is 51.7 Å². The van der Waals surface area contributed by atoms with Crippen LogP contribution in [0.25, 0.3) is 17.1 Å². The molecule has 2 aromatic carbocycles. The molecule has 1 N–H and O–H groups in total. The quantitative estimate of drug-likeness (QED) is 0.353. The van der Waals surface area contributed by atoms with Gasteiger partial charge >= 0.3 is 0 Å². The lowest BCUT2D eigenvalue weighted by Gasteiger charge is -2.19. The standard InChI is InChI=1S/C26H27ClN4O4/c1-4-17-8-7-9-18(5-2)23(17)31-20(15-34-6-3)28-24(32)22(26(31)33)25-30-29-21(35-25)14-16-10-12-19(27)13-11-16/h7-13,32H,4-6,14-15H2,1-3H3. The van der Waals surface area contributed by atoms with Gasteiger partial charge in [0.25, 0.3) is 11.4 Å². The molecule has 0 aliphatic carbocycles. The normalized spacial score (nSPS) is 11.2. The van der Waals surface area contributed by atoms with Crippen LogP contribution in [0, 0.1) is 0 Å². The van der Waals surface area contributed by atoms with Crippen LogP contribution in [0.3, 0.4) is 0 Å². The predicted octanol–water partition coefficient (Wildman–Crippen LogP) is 4.89. The Morgan fingerprint density at radius 1 is 1.03 bits per heavy atom. The Kier molecular flexibility index (Phi) is 7.63. The number of aromatic hydroxyl groups is 1. The molecule has 2 heterocycles. The molecule has 0 unspecified atom stereocenters. The molecule has 0 fully saturated rings. The lowest BCUT2D eigenvalue weighted by atomic mass is 10.0. The molecule has 4 rings (SSSR count). The molecule has 0 atom stereocenters. The summed E-state index contributed by atoms with van der Waals surface area (Å²) in [6.07, 6.45) is 1.78. The number of aromatic nitrogens is 4. The lowest BCUT2D eigenvalue weighted by Crippen LogP contribution is -2.27. The molecule has 0 aliphatic heterocycles. The zero-order valence-corrected chi connectivity index (χ0v) is 20.7. The highest BCUT2D eigenvalue weighted by Gasteiger charge is 2.25. The van der Waals surface area contributed by atoms with E-state index in [1.165, 1.54) is 4.57 Å². The fourth-order valence-electron chi connectivity index (χ4n) is 3.97. The van der Waals surface area contributed by atoms with E-state index in [1.54, 1.807) is 12.1 Å². The number of aryl methyl sites for hydroxylation is 2. The second kappa shape index (κ2) is 10.8. The molecule has 9 heteroatoms. The number of nitrogens with zero attached hydrogens (tertiary/aromatic N) is 4. The van der Waals surface area contributed by atoms with Crippen LogP contribution < -0.4 is 5.56 Å². The summed E-state index contributed by atoms with van der Waals surface area (Å²) >= 11 is 5.95. The number of hydrogen-bond donors (Lipinski definition) is 1. The molecule has 0 spiro atoms. The van der Waals surface area contributed by atoms with E-state index in [2.05, 4.69) is 15.2 Å². The number of rotatable bonds is 9. The molecule has 8 nitrogen and oxygen atoms in total. The van der Waals surface area contributed by atoms with E-state index < -0.39 is 11.4 Å². The van der Waals surface area contributed by atoms with Crippen LogP contribution in [-0.2, 0) is 30.6 Å². The number of para-hydroxylation sites is 1. The second-order valence-electron chi connectivity index (χ2n) is 7.94. The zero-order chi connectivity index (χ0) is 24.9. The van der Waals surface area contributed by atoms with Crippen LogP contribution in [0.4, 0.5) is 0 Å². The molecule has 2 aromatic heterocycles. The van der Waals surface area contributed by atoms with Crippen molar-refractivity contribution in [1.82, 2.24) is 19.7 Å². The Morgan fingerprint density at radius 2 is 1.71 bits per heavy atom. The topological polar surface area (TPSA) is 103 Å². The van der Waals surface area contributed by atoms with Crippen molar-refractivity contribution in [2.75, 3.05) is 6.61 Å².